The molecule has 15 heavy (non-hydrogen) atoms. The number of alkyl halides is 1. The van der Waals surface area contributed by atoms with Crippen molar-refractivity contribution in [1.29, 1.82) is 0 Å². The fourth-order valence-corrected chi connectivity index (χ4v) is 1.76. The smallest absolute Gasteiger partial charge is 0.147 e. The molecule has 3 nitrogen and oxygen atoms in total. The van der Waals surface area contributed by atoms with Crippen LogP contribution >= 0.6 is 11.6 Å². The Hall–Kier alpha value is -0.570. The van der Waals surface area contributed by atoms with Crippen molar-refractivity contribution in [1.82, 2.24) is 14.8 Å². The van der Waals surface area contributed by atoms with Crippen molar-refractivity contribution in [3.63, 3.8) is 0 Å². The van der Waals surface area contributed by atoms with Gasteiger partial charge < -0.3 is 4.57 Å². The zero-order valence-corrected chi connectivity index (χ0v) is 10.6. The van der Waals surface area contributed by atoms with Crippen molar-refractivity contribution in [2.75, 3.05) is 0 Å². The van der Waals surface area contributed by atoms with E-state index < -0.39 is 0 Å². The Labute approximate surface area is 96.8 Å². The van der Waals surface area contributed by atoms with E-state index in [9.17, 15) is 0 Å². The molecule has 0 aromatic carbocycles. The molecule has 0 N–H and O–H groups in total. The third kappa shape index (κ3) is 3.20. The van der Waals surface area contributed by atoms with Crippen LogP contribution in [0.1, 0.15) is 45.3 Å². The van der Waals surface area contributed by atoms with Crippen molar-refractivity contribution >= 4 is 11.6 Å². The Morgan fingerprint density at radius 2 is 1.93 bits per heavy atom. The van der Waals surface area contributed by atoms with E-state index in [1.165, 1.54) is 6.42 Å². The number of hydrogen-bond acceptors (Lipinski definition) is 2. The molecule has 0 aliphatic carbocycles. The van der Waals surface area contributed by atoms with E-state index in [1.54, 1.807) is 0 Å². The molecule has 1 atom stereocenters. The van der Waals surface area contributed by atoms with E-state index in [0.29, 0.717) is 11.8 Å². The Balaban J connectivity index is 2.81. The van der Waals surface area contributed by atoms with Crippen molar-refractivity contribution in [3.8, 4) is 0 Å². The van der Waals surface area contributed by atoms with E-state index in [2.05, 4.69) is 35.5 Å². The van der Waals surface area contributed by atoms with Gasteiger partial charge in [-0.05, 0) is 12.3 Å². The molecule has 1 heterocycles. The molecule has 0 spiro atoms. The maximum Gasteiger partial charge on any atom is 0.147 e. The van der Waals surface area contributed by atoms with Gasteiger partial charge >= 0.3 is 0 Å². The van der Waals surface area contributed by atoms with E-state index in [-0.39, 0.29) is 0 Å². The highest BCUT2D eigenvalue weighted by atomic mass is 35.5. The average molecular weight is 230 g/mol. The molecule has 0 aliphatic rings. The summed E-state index contributed by atoms with van der Waals surface area (Å²) in [5, 5.41) is 8.34. The average Bonchev–Trinajstić information content (AvgIpc) is 2.61. The predicted molar refractivity (Wildman–Crippen MR) is 63.0 cm³/mol. The second-order valence-corrected chi connectivity index (χ2v) is 4.30. The minimum Gasteiger partial charge on any atom is -0.314 e. The summed E-state index contributed by atoms with van der Waals surface area (Å²) in [4.78, 5) is 0. The molecule has 1 aromatic rings. The fraction of sp³-hybridized carbons (Fsp3) is 0.818. The predicted octanol–water partition coefficient (Wildman–Crippen LogP) is 3.02. The highest BCUT2D eigenvalue weighted by Crippen LogP contribution is 2.13. The van der Waals surface area contributed by atoms with Crippen molar-refractivity contribution in [2.45, 2.75) is 52.5 Å². The number of hydrogen-bond donors (Lipinski definition) is 0. The second-order valence-electron chi connectivity index (χ2n) is 4.04. The largest absolute Gasteiger partial charge is 0.314 e. The topological polar surface area (TPSA) is 30.7 Å². The highest BCUT2D eigenvalue weighted by molar-refractivity contribution is 6.16. The molecule has 4 heteroatoms. The standard InChI is InChI=1S/C11H20ClN3/c1-4-6-15-10(7-9(3)5-2)13-14-11(15)8-12/h9H,4-8H2,1-3H3. The zero-order valence-electron chi connectivity index (χ0n) is 9.83. The van der Waals surface area contributed by atoms with Crippen molar-refractivity contribution in [2.24, 2.45) is 5.92 Å². The van der Waals surface area contributed by atoms with Gasteiger partial charge in [0.1, 0.15) is 11.6 Å². The monoisotopic (exact) mass is 229 g/mol. The first kappa shape index (κ1) is 12.5. The van der Waals surface area contributed by atoms with Gasteiger partial charge in [0, 0.05) is 13.0 Å². The molecule has 1 aromatic heterocycles. The first-order valence-corrected chi connectivity index (χ1v) is 6.23. The van der Waals surface area contributed by atoms with Gasteiger partial charge in [0.05, 0.1) is 5.88 Å². The summed E-state index contributed by atoms with van der Waals surface area (Å²) in [5.41, 5.74) is 0. The minimum absolute atomic E-state index is 0.452. The third-order valence-electron chi connectivity index (χ3n) is 2.70. The Morgan fingerprint density at radius 1 is 1.27 bits per heavy atom. The quantitative estimate of drug-likeness (QED) is 0.703. The van der Waals surface area contributed by atoms with E-state index in [4.69, 9.17) is 11.6 Å². The summed E-state index contributed by atoms with van der Waals surface area (Å²) in [6.07, 6.45) is 3.27. The van der Waals surface area contributed by atoms with Gasteiger partial charge in [-0.25, -0.2) is 0 Å². The first-order chi connectivity index (χ1) is 7.22. The summed E-state index contributed by atoms with van der Waals surface area (Å²) < 4.78 is 2.17. The van der Waals surface area contributed by atoms with Gasteiger partial charge in [-0.2, -0.15) is 0 Å². The molecule has 0 bridgehead atoms. The van der Waals surface area contributed by atoms with Crippen LogP contribution in [0.25, 0.3) is 0 Å². The minimum atomic E-state index is 0.452. The summed E-state index contributed by atoms with van der Waals surface area (Å²) in [5.74, 6) is 3.10. The lowest BCUT2D eigenvalue weighted by Gasteiger charge is -2.10. The van der Waals surface area contributed by atoms with Crippen LogP contribution in [-0.2, 0) is 18.8 Å². The van der Waals surface area contributed by atoms with Crippen LogP contribution in [0.15, 0.2) is 0 Å². The molecule has 1 unspecified atom stereocenters. The molecule has 0 fully saturated rings. The summed E-state index contributed by atoms with van der Waals surface area (Å²) >= 11 is 5.83. The Bertz CT molecular complexity index is 296. The van der Waals surface area contributed by atoms with Crippen LogP contribution in [0.3, 0.4) is 0 Å². The summed E-state index contributed by atoms with van der Waals surface area (Å²) in [7, 11) is 0. The maximum absolute atomic E-state index is 5.83. The molecule has 1 rings (SSSR count). The fourth-order valence-electron chi connectivity index (χ4n) is 1.56. The lowest BCUT2D eigenvalue weighted by Crippen LogP contribution is -2.10. The molecule has 86 valence electrons. The van der Waals surface area contributed by atoms with Crippen molar-refractivity contribution in [3.05, 3.63) is 11.6 Å². The second kappa shape index (κ2) is 6.11. The summed E-state index contributed by atoms with van der Waals surface area (Å²) in [6, 6.07) is 0. The van der Waals surface area contributed by atoms with Gasteiger partial charge in [-0.3, -0.25) is 0 Å². The van der Waals surface area contributed by atoms with Gasteiger partial charge in [0.2, 0.25) is 0 Å². The molecular formula is C11H20ClN3. The van der Waals surface area contributed by atoms with Gasteiger partial charge in [0.25, 0.3) is 0 Å². The maximum atomic E-state index is 5.83. The zero-order chi connectivity index (χ0) is 11.3. The van der Waals surface area contributed by atoms with Gasteiger partial charge in [-0.15, -0.1) is 21.8 Å². The van der Waals surface area contributed by atoms with Crippen LogP contribution in [0.4, 0.5) is 0 Å². The van der Waals surface area contributed by atoms with Crippen LogP contribution < -0.4 is 0 Å². The molecule has 0 radical (unpaired) electrons. The van der Waals surface area contributed by atoms with E-state index >= 15 is 0 Å². The molecule has 0 aliphatic heterocycles. The van der Waals surface area contributed by atoms with Crippen LogP contribution in [0, 0.1) is 5.92 Å². The van der Waals surface area contributed by atoms with Crippen molar-refractivity contribution < 1.29 is 0 Å². The molecular weight excluding hydrogens is 210 g/mol. The normalized spacial score (nSPS) is 13.1. The highest BCUT2D eigenvalue weighted by Gasteiger charge is 2.12. The summed E-state index contributed by atoms with van der Waals surface area (Å²) in [6.45, 7) is 7.57. The first-order valence-electron chi connectivity index (χ1n) is 5.69. The number of aromatic nitrogens is 3. The molecule has 0 amide bonds. The number of halogens is 1. The van der Waals surface area contributed by atoms with E-state index in [1.807, 2.05) is 0 Å². The Morgan fingerprint density at radius 3 is 2.47 bits per heavy atom. The van der Waals surface area contributed by atoms with Crippen LogP contribution in [-0.4, -0.2) is 14.8 Å². The third-order valence-corrected chi connectivity index (χ3v) is 2.94. The van der Waals surface area contributed by atoms with Gasteiger partial charge in [0.15, 0.2) is 0 Å². The van der Waals surface area contributed by atoms with Crippen LogP contribution in [0.2, 0.25) is 0 Å². The Kier molecular flexibility index (Phi) is 5.09. The SMILES string of the molecule is CCCn1c(CCl)nnc1CC(C)CC. The number of rotatable bonds is 6. The molecule has 0 saturated carbocycles. The lowest BCUT2D eigenvalue weighted by molar-refractivity contribution is 0.513. The van der Waals surface area contributed by atoms with Gasteiger partial charge in [-0.1, -0.05) is 27.2 Å². The van der Waals surface area contributed by atoms with Crippen LogP contribution in [0.5, 0.6) is 0 Å². The lowest BCUT2D eigenvalue weighted by atomic mass is 10.1. The van der Waals surface area contributed by atoms with E-state index in [0.717, 1.165) is 31.0 Å². The number of nitrogens with zero attached hydrogens (tertiary/aromatic N) is 3. The molecule has 0 saturated heterocycles.